The number of carbonyl (C=O) groups is 1. The van der Waals surface area contributed by atoms with Crippen molar-refractivity contribution in [1.82, 2.24) is 4.90 Å². The van der Waals surface area contributed by atoms with Crippen LogP contribution < -0.4 is 9.16 Å². The topological polar surface area (TPSA) is 48.0 Å². The van der Waals surface area contributed by atoms with Gasteiger partial charge in [-0.3, -0.25) is 4.79 Å². The Morgan fingerprint density at radius 1 is 1.10 bits per heavy atom. The van der Waals surface area contributed by atoms with Crippen LogP contribution in [0.15, 0.2) is 12.1 Å². The summed E-state index contributed by atoms with van der Waals surface area (Å²) in [5.41, 5.74) is 1.80. The Morgan fingerprint density at radius 3 is 2.50 bits per heavy atom. The van der Waals surface area contributed by atoms with E-state index in [1.165, 1.54) is 11.1 Å². The Labute approximate surface area is 182 Å². The molecule has 30 heavy (non-hydrogen) atoms. The average Bonchev–Trinajstić information content (AvgIpc) is 2.96. The molecule has 5 nitrogen and oxygen atoms in total. The first kappa shape index (κ1) is 20.7. The SMILES string of the molecule is CN1CCC23c4c5ccc(O[Si](C)(C)C)c4OC2C(=O)CCC3(O[Si](C)(C)C)C1C5. The Hall–Kier alpha value is -1.16. The molecule has 164 valence electrons. The molecule has 4 atom stereocenters. The van der Waals surface area contributed by atoms with Crippen LogP contribution in [0.25, 0.3) is 0 Å². The maximum atomic E-state index is 13.3. The van der Waals surface area contributed by atoms with E-state index in [4.69, 9.17) is 13.6 Å². The van der Waals surface area contributed by atoms with Gasteiger partial charge in [-0.2, -0.15) is 0 Å². The Kier molecular flexibility index (Phi) is 4.29. The predicted octanol–water partition coefficient (Wildman–Crippen LogP) is 4.11. The van der Waals surface area contributed by atoms with Gasteiger partial charge in [0.05, 0.1) is 11.0 Å². The third kappa shape index (κ3) is 2.68. The van der Waals surface area contributed by atoms with Crippen molar-refractivity contribution in [3.63, 3.8) is 0 Å². The molecule has 2 aliphatic heterocycles. The minimum Gasteiger partial charge on any atom is -0.542 e. The van der Waals surface area contributed by atoms with E-state index in [0.29, 0.717) is 6.42 Å². The van der Waals surface area contributed by atoms with Crippen LogP contribution in [-0.2, 0) is 21.1 Å². The second-order valence-corrected chi connectivity index (χ2v) is 20.5. The molecule has 5 rings (SSSR count). The zero-order valence-corrected chi connectivity index (χ0v) is 21.4. The molecule has 2 aliphatic carbocycles. The zero-order valence-electron chi connectivity index (χ0n) is 19.4. The van der Waals surface area contributed by atoms with Crippen molar-refractivity contribution in [2.45, 2.75) is 88.1 Å². The van der Waals surface area contributed by atoms with Crippen molar-refractivity contribution in [3.8, 4) is 11.5 Å². The number of Topliss-reactive ketones (excluding diaryl/α,β-unsaturated/α-hetero) is 1. The lowest BCUT2D eigenvalue weighted by Crippen LogP contribution is -2.78. The van der Waals surface area contributed by atoms with Crippen LogP contribution in [0.5, 0.6) is 11.5 Å². The highest BCUT2D eigenvalue weighted by Crippen LogP contribution is 2.66. The number of benzene rings is 1. The fourth-order valence-electron chi connectivity index (χ4n) is 6.66. The summed E-state index contributed by atoms with van der Waals surface area (Å²) in [6.45, 7) is 14.4. The summed E-state index contributed by atoms with van der Waals surface area (Å²) in [4.78, 5) is 15.8. The van der Waals surface area contributed by atoms with Gasteiger partial charge in [-0.15, -0.1) is 0 Å². The molecule has 4 aliphatic rings. The largest absolute Gasteiger partial charge is 0.542 e. The molecule has 4 unspecified atom stereocenters. The summed E-state index contributed by atoms with van der Waals surface area (Å²) >= 11 is 0. The molecule has 1 spiro atoms. The molecule has 1 aromatic rings. The van der Waals surface area contributed by atoms with Crippen LogP contribution in [0.1, 0.15) is 30.4 Å². The van der Waals surface area contributed by atoms with Crippen LogP contribution in [0.3, 0.4) is 0 Å². The summed E-state index contributed by atoms with van der Waals surface area (Å²) in [5, 5.41) is 0. The van der Waals surface area contributed by atoms with Gasteiger partial charge in [0.25, 0.3) is 0 Å². The molecule has 0 amide bonds. The summed E-state index contributed by atoms with van der Waals surface area (Å²) in [7, 11) is -1.48. The standard InChI is InChI=1S/C23H35NO4Si2/c1-24-13-12-22-19-15-8-9-17(27-29(2,3)4)20(19)26-21(22)16(25)10-11-23(22,18(24)14-15)28-30(5,6)7/h8-9,18,21H,10-14H2,1-7H3. The molecule has 1 aromatic carbocycles. The monoisotopic (exact) mass is 445 g/mol. The minimum absolute atomic E-state index is 0.233. The van der Waals surface area contributed by atoms with E-state index in [-0.39, 0.29) is 22.8 Å². The van der Waals surface area contributed by atoms with Gasteiger partial charge in [0, 0.05) is 18.0 Å². The molecule has 7 heteroatoms. The van der Waals surface area contributed by atoms with Gasteiger partial charge in [0.2, 0.25) is 8.32 Å². The first-order valence-electron chi connectivity index (χ1n) is 11.3. The van der Waals surface area contributed by atoms with Crippen LogP contribution >= 0.6 is 0 Å². The zero-order chi connectivity index (χ0) is 21.7. The number of nitrogens with zero attached hydrogens (tertiary/aromatic N) is 1. The first-order valence-corrected chi connectivity index (χ1v) is 18.1. The van der Waals surface area contributed by atoms with Crippen molar-refractivity contribution < 1.29 is 18.4 Å². The maximum absolute atomic E-state index is 13.3. The lowest BCUT2D eigenvalue weighted by atomic mass is 9.49. The lowest BCUT2D eigenvalue weighted by molar-refractivity contribution is -0.177. The Bertz CT molecular complexity index is 921. The fraction of sp³-hybridized carbons (Fsp3) is 0.696. The van der Waals surface area contributed by atoms with E-state index in [1.54, 1.807) is 0 Å². The summed E-state index contributed by atoms with van der Waals surface area (Å²) < 4.78 is 20.2. The normalized spacial score (nSPS) is 35.1. The molecule has 2 bridgehead atoms. The number of hydrogen-bond acceptors (Lipinski definition) is 5. The molecular formula is C23H35NO4Si2. The molecule has 2 heterocycles. The molecular weight excluding hydrogens is 410 g/mol. The van der Waals surface area contributed by atoms with Gasteiger partial charge < -0.3 is 18.5 Å². The van der Waals surface area contributed by atoms with Crippen molar-refractivity contribution >= 4 is 22.4 Å². The number of ketones is 1. The van der Waals surface area contributed by atoms with Crippen molar-refractivity contribution in [2.24, 2.45) is 0 Å². The molecule has 1 saturated carbocycles. The van der Waals surface area contributed by atoms with Crippen LogP contribution in [-0.4, -0.2) is 58.7 Å². The summed E-state index contributed by atoms with van der Waals surface area (Å²) in [6, 6.07) is 4.58. The van der Waals surface area contributed by atoms with Crippen LogP contribution in [0.4, 0.5) is 0 Å². The van der Waals surface area contributed by atoms with Gasteiger partial charge in [0.15, 0.2) is 26.0 Å². The third-order valence-electron chi connectivity index (χ3n) is 7.37. The van der Waals surface area contributed by atoms with Crippen molar-refractivity contribution in [3.05, 3.63) is 23.3 Å². The van der Waals surface area contributed by atoms with E-state index in [9.17, 15) is 4.79 Å². The molecule has 0 aromatic heterocycles. The quantitative estimate of drug-likeness (QED) is 0.653. The summed E-state index contributed by atoms with van der Waals surface area (Å²) in [5.74, 6) is 1.89. The van der Waals surface area contributed by atoms with Gasteiger partial charge in [-0.25, -0.2) is 0 Å². The van der Waals surface area contributed by atoms with E-state index < -0.39 is 22.7 Å². The second-order valence-electron chi connectivity index (χ2n) is 11.6. The Morgan fingerprint density at radius 2 is 1.83 bits per heavy atom. The lowest BCUT2D eigenvalue weighted by Gasteiger charge is -2.65. The van der Waals surface area contributed by atoms with Gasteiger partial charge in [0.1, 0.15) is 5.75 Å². The third-order valence-corrected chi connectivity index (χ3v) is 9.18. The van der Waals surface area contributed by atoms with Gasteiger partial charge in [-0.1, -0.05) is 6.07 Å². The Balaban J connectivity index is 1.78. The molecule has 1 saturated heterocycles. The van der Waals surface area contributed by atoms with E-state index in [0.717, 1.165) is 37.3 Å². The number of rotatable bonds is 4. The van der Waals surface area contributed by atoms with Crippen LogP contribution in [0.2, 0.25) is 39.3 Å². The van der Waals surface area contributed by atoms with Crippen LogP contribution in [0, 0.1) is 0 Å². The smallest absolute Gasteiger partial charge is 0.242 e. The maximum Gasteiger partial charge on any atom is 0.242 e. The second kappa shape index (κ2) is 6.21. The number of hydrogen-bond donors (Lipinski definition) is 0. The number of piperidine rings is 1. The average molecular weight is 446 g/mol. The summed E-state index contributed by atoms with van der Waals surface area (Å²) in [6.07, 6.45) is 2.73. The number of likely N-dealkylation sites (tertiary alicyclic amines) is 1. The fourth-order valence-corrected chi connectivity index (χ4v) is 8.99. The van der Waals surface area contributed by atoms with Crippen molar-refractivity contribution in [1.29, 1.82) is 0 Å². The molecule has 0 N–H and O–H groups in total. The molecule has 0 radical (unpaired) electrons. The molecule has 2 fully saturated rings. The predicted molar refractivity (Wildman–Crippen MR) is 123 cm³/mol. The van der Waals surface area contributed by atoms with Crippen molar-refractivity contribution in [2.75, 3.05) is 13.6 Å². The number of ether oxygens (including phenoxy) is 1. The highest BCUT2D eigenvalue weighted by Gasteiger charge is 2.74. The highest BCUT2D eigenvalue weighted by molar-refractivity contribution is 6.70. The van der Waals surface area contributed by atoms with Gasteiger partial charge in [-0.05, 0) is 83.8 Å². The van der Waals surface area contributed by atoms with Gasteiger partial charge >= 0.3 is 0 Å². The van der Waals surface area contributed by atoms with E-state index in [2.05, 4.69) is 63.4 Å². The minimum atomic E-state index is -1.88. The van der Waals surface area contributed by atoms with E-state index in [1.807, 2.05) is 0 Å². The highest BCUT2D eigenvalue weighted by atomic mass is 28.4. The number of likely N-dealkylation sites (N-methyl/N-ethyl adjacent to an activating group) is 1. The number of carbonyl (C=O) groups excluding carboxylic acids is 1. The van der Waals surface area contributed by atoms with E-state index >= 15 is 0 Å². The first-order chi connectivity index (χ1) is 13.9.